The number of aliphatic hydroxyl groups excluding tert-OH is 3. The third-order valence-corrected chi connectivity index (χ3v) is 6.51. The van der Waals surface area contributed by atoms with Gasteiger partial charge in [-0.1, -0.05) is 13.3 Å². The van der Waals surface area contributed by atoms with E-state index in [4.69, 9.17) is 16.3 Å². The van der Waals surface area contributed by atoms with Gasteiger partial charge in [-0.3, -0.25) is 4.79 Å². The number of carbonyl (C=O) groups is 1. The maximum Gasteiger partial charge on any atom is 0.224 e. The van der Waals surface area contributed by atoms with Gasteiger partial charge >= 0.3 is 0 Å². The van der Waals surface area contributed by atoms with Gasteiger partial charge in [0.1, 0.15) is 29.9 Å². The van der Waals surface area contributed by atoms with E-state index >= 15 is 0 Å². The third kappa shape index (κ3) is 5.04. The molecule has 2 rings (SSSR count). The van der Waals surface area contributed by atoms with Crippen LogP contribution in [-0.4, -0.2) is 81.8 Å². The zero-order valence-electron chi connectivity index (χ0n) is 15.5. The zero-order chi connectivity index (χ0) is 19.4. The molecule has 0 aromatic rings. The molecule has 7 nitrogen and oxygen atoms in total. The molecule has 26 heavy (non-hydrogen) atoms. The molecular weight excluding hydrogens is 380 g/mol. The van der Waals surface area contributed by atoms with Gasteiger partial charge < -0.3 is 30.7 Å². The number of piperidine rings is 1. The van der Waals surface area contributed by atoms with Crippen molar-refractivity contribution in [1.29, 1.82) is 0 Å². The van der Waals surface area contributed by atoms with Crippen molar-refractivity contribution in [3.63, 3.8) is 0 Å². The van der Waals surface area contributed by atoms with Gasteiger partial charge in [0.05, 0.1) is 17.3 Å². The highest BCUT2D eigenvalue weighted by Crippen LogP contribution is 2.30. The predicted octanol–water partition coefficient (Wildman–Crippen LogP) is -0.0952. The largest absolute Gasteiger partial charge is 0.388 e. The molecule has 2 fully saturated rings. The third-order valence-electron chi connectivity index (χ3n) is 5.39. The lowest BCUT2D eigenvalue weighted by Crippen LogP contribution is -2.64. The molecule has 0 aromatic carbocycles. The monoisotopic (exact) mass is 410 g/mol. The topological polar surface area (TPSA) is 111 Å². The van der Waals surface area contributed by atoms with Crippen LogP contribution >= 0.6 is 23.4 Å². The van der Waals surface area contributed by atoms with Crippen molar-refractivity contribution < 1.29 is 24.9 Å². The Morgan fingerprint density at radius 1 is 1.31 bits per heavy atom. The minimum Gasteiger partial charge on any atom is -0.388 e. The van der Waals surface area contributed by atoms with Gasteiger partial charge in [-0.15, -0.1) is 23.4 Å². The number of nitrogens with one attached hydrogen (secondary N) is 2. The Morgan fingerprint density at radius 2 is 2.00 bits per heavy atom. The van der Waals surface area contributed by atoms with E-state index in [9.17, 15) is 20.1 Å². The normalized spacial score (nSPS) is 40.7. The summed E-state index contributed by atoms with van der Waals surface area (Å²) in [5.41, 5.74) is -0.700. The van der Waals surface area contributed by atoms with Crippen molar-refractivity contribution >= 4 is 29.3 Å². The van der Waals surface area contributed by atoms with E-state index < -0.39 is 41.3 Å². The first-order valence-electron chi connectivity index (χ1n) is 9.17. The molecular formula is C17H31ClN2O5S. The number of hydrogen-bond acceptors (Lipinski definition) is 7. The molecule has 6 unspecified atom stereocenters. The minimum absolute atomic E-state index is 0.134. The number of carbonyl (C=O) groups excluding carboxylic acids is 1. The first-order valence-corrected chi connectivity index (χ1v) is 10.9. The average Bonchev–Trinajstić information content (AvgIpc) is 2.64. The number of amides is 1. The van der Waals surface area contributed by atoms with Crippen LogP contribution < -0.4 is 10.6 Å². The van der Waals surface area contributed by atoms with Crippen LogP contribution in [-0.2, 0) is 9.53 Å². The molecule has 2 heterocycles. The first-order chi connectivity index (χ1) is 12.3. The molecule has 0 spiro atoms. The van der Waals surface area contributed by atoms with Crippen molar-refractivity contribution in [2.24, 2.45) is 11.8 Å². The van der Waals surface area contributed by atoms with E-state index in [1.165, 1.54) is 11.8 Å². The van der Waals surface area contributed by atoms with E-state index in [0.29, 0.717) is 12.5 Å². The Labute approximate surface area is 164 Å². The van der Waals surface area contributed by atoms with Crippen molar-refractivity contribution in [1.82, 2.24) is 10.6 Å². The van der Waals surface area contributed by atoms with Gasteiger partial charge in [0.2, 0.25) is 5.91 Å². The summed E-state index contributed by atoms with van der Waals surface area (Å²) >= 11 is 7.52. The second-order valence-corrected chi connectivity index (χ2v) is 8.88. The van der Waals surface area contributed by atoms with Crippen LogP contribution in [0.3, 0.4) is 0 Å². The van der Waals surface area contributed by atoms with Gasteiger partial charge in [-0.05, 0) is 32.1 Å². The number of halogens is 1. The van der Waals surface area contributed by atoms with E-state index in [0.717, 1.165) is 19.4 Å². The lowest BCUT2D eigenvalue weighted by atomic mass is 9.87. The van der Waals surface area contributed by atoms with Gasteiger partial charge in [-0.25, -0.2) is 0 Å². The molecule has 0 aromatic heterocycles. The van der Waals surface area contributed by atoms with E-state index in [1.807, 2.05) is 0 Å². The summed E-state index contributed by atoms with van der Waals surface area (Å²) in [5, 5.41) is 36.2. The molecule has 0 bridgehead atoms. The van der Waals surface area contributed by atoms with E-state index in [-0.39, 0.29) is 11.8 Å². The van der Waals surface area contributed by atoms with E-state index in [2.05, 4.69) is 17.6 Å². The highest BCUT2D eigenvalue weighted by molar-refractivity contribution is 7.99. The number of aliphatic hydroxyl groups is 3. The second-order valence-electron chi connectivity index (χ2n) is 7.25. The van der Waals surface area contributed by atoms with E-state index in [1.54, 1.807) is 13.2 Å². The summed E-state index contributed by atoms with van der Waals surface area (Å²) in [6.45, 7) is 5.34. The molecule has 0 saturated carbocycles. The maximum absolute atomic E-state index is 12.8. The quantitative estimate of drug-likeness (QED) is 0.389. The molecule has 0 radical (unpaired) electrons. The lowest BCUT2D eigenvalue weighted by Gasteiger charge is -2.44. The first kappa shape index (κ1) is 22.2. The molecule has 9 atom stereocenters. The van der Waals surface area contributed by atoms with Crippen molar-refractivity contribution in [2.45, 2.75) is 68.0 Å². The molecule has 2 saturated heterocycles. The summed E-state index contributed by atoms with van der Waals surface area (Å²) in [4.78, 5) is 12.8. The average molecular weight is 411 g/mol. The van der Waals surface area contributed by atoms with Crippen LogP contribution in [0.5, 0.6) is 0 Å². The standard InChI is InChI=1S/C17H31ClN2O5S/c1-4-9-5-10(7-19-6-9)16(24)20-11(8(2)18)15-13(22)12(21)14(23)17(25-15)26-3/h8-15,17,19,21-23H,4-7H2,1-3H3,(H,20,24)/t8?,9?,10?,11?,12-,13-,14?,15?,17-/m1/s1. The Hall–Kier alpha value is -0.0900. The summed E-state index contributed by atoms with van der Waals surface area (Å²) in [5.74, 6) is 0.158. The number of ether oxygens (including phenoxy) is 1. The second kappa shape index (κ2) is 9.91. The Morgan fingerprint density at radius 3 is 2.58 bits per heavy atom. The highest BCUT2D eigenvalue weighted by Gasteiger charge is 2.48. The van der Waals surface area contributed by atoms with Crippen molar-refractivity contribution in [3.8, 4) is 0 Å². The SMILES string of the molecule is CCC1CNCC(C(=O)NC(C(C)Cl)C2O[C@H](SC)C(O)[C@H](O)[C@H]2O)C1. The Bertz CT molecular complexity index is 470. The highest BCUT2D eigenvalue weighted by atomic mass is 35.5. The van der Waals surface area contributed by atoms with Crippen LogP contribution in [0, 0.1) is 11.8 Å². The van der Waals surface area contributed by atoms with Crippen LogP contribution in [0.4, 0.5) is 0 Å². The van der Waals surface area contributed by atoms with Gasteiger partial charge in [-0.2, -0.15) is 0 Å². The minimum atomic E-state index is -1.36. The molecule has 2 aliphatic heterocycles. The van der Waals surface area contributed by atoms with Crippen LogP contribution in [0.15, 0.2) is 0 Å². The Balaban J connectivity index is 2.09. The lowest BCUT2D eigenvalue weighted by molar-refractivity contribution is -0.205. The molecule has 152 valence electrons. The fourth-order valence-electron chi connectivity index (χ4n) is 3.65. The summed E-state index contributed by atoms with van der Waals surface area (Å²) in [6.07, 6.45) is -1.25. The number of thioether (sulfide) groups is 1. The van der Waals surface area contributed by atoms with Gasteiger partial charge in [0, 0.05) is 6.54 Å². The van der Waals surface area contributed by atoms with Gasteiger partial charge in [0.25, 0.3) is 0 Å². The van der Waals surface area contributed by atoms with Gasteiger partial charge in [0.15, 0.2) is 0 Å². The Kier molecular flexibility index (Phi) is 8.46. The maximum atomic E-state index is 12.8. The molecule has 9 heteroatoms. The number of alkyl halides is 1. The van der Waals surface area contributed by atoms with Crippen LogP contribution in [0.2, 0.25) is 0 Å². The number of hydrogen-bond donors (Lipinski definition) is 5. The van der Waals surface area contributed by atoms with Crippen molar-refractivity contribution in [2.75, 3.05) is 19.3 Å². The number of rotatable bonds is 6. The summed E-state index contributed by atoms with van der Waals surface area (Å²) < 4.78 is 5.77. The summed E-state index contributed by atoms with van der Waals surface area (Å²) in [7, 11) is 0. The zero-order valence-corrected chi connectivity index (χ0v) is 17.0. The smallest absolute Gasteiger partial charge is 0.224 e. The predicted molar refractivity (Wildman–Crippen MR) is 102 cm³/mol. The molecule has 0 aliphatic carbocycles. The molecule has 5 N–H and O–H groups in total. The molecule has 2 aliphatic rings. The fraction of sp³-hybridized carbons (Fsp3) is 0.941. The van der Waals surface area contributed by atoms with Crippen LogP contribution in [0.1, 0.15) is 26.7 Å². The summed E-state index contributed by atoms with van der Waals surface area (Å²) in [6, 6.07) is -0.682. The van der Waals surface area contributed by atoms with Crippen LogP contribution in [0.25, 0.3) is 0 Å². The fourth-order valence-corrected chi connectivity index (χ4v) is 4.53. The van der Waals surface area contributed by atoms with Crippen molar-refractivity contribution in [3.05, 3.63) is 0 Å². The molecule has 1 amide bonds.